The van der Waals surface area contributed by atoms with Gasteiger partial charge in [0.25, 0.3) is 0 Å². The number of aliphatic hydroxyl groups excluding tert-OH is 1. The van der Waals surface area contributed by atoms with Crippen LogP contribution in [-0.2, 0) is 4.79 Å². The first-order valence-electron chi connectivity index (χ1n) is 7.51. The zero-order chi connectivity index (χ0) is 15.1. The quantitative estimate of drug-likeness (QED) is 0.601. The number of amides is 1. The van der Waals surface area contributed by atoms with Crippen LogP contribution >= 0.6 is 0 Å². The minimum Gasteiger partial charge on any atom is -0.497 e. The molecule has 1 unspecified atom stereocenters. The van der Waals surface area contributed by atoms with Crippen molar-refractivity contribution in [1.29, 1.82) is 0 Å². The Hall–Kier alpha value is -1.59. The van der Waals surface area contributed by atoms with Gasteiger partial charge in [-0.05, 0) is 43.5 Å². The number of hydrogen-bond acceptors (Lipinski definition) is 4. The Morgan fingerprint density at radius 2 is 2.29 bits per heavy atom. The van der Waals surface area contributed by atoms with Gasteiger partial charge < -0.3 is 20.5 Å². The van der Waals surface area contributed by atoms with Gasteiger partial charge in [0.05, 0.1) is 13.2 Å². The molecule has 0 aliphatic heterocycles. The lowest BCUT2D eigenvalue weighted by molar-refractivity contribution is -0.121. The number of hydrogen-bond donors (Lipinski definition) is 3. The van der Waals surface area contributed by atoms with Crippen LogP contribution in [-0.4, -0.2) is 37.3 Å². The SMILES string of the molecule is COc1cccc(C(O)CNCCCC(=O)NC2CC2)c1. The number of benzene rings is 1. The van der Waals surface area contributed by atoms with Gasteiger partial charge >= 0.3 is 0 Å². The summed E-state index contributed by atoms with van der Waals surface area (Å²) < 4.78 is 5.14. The van der Waals surface area contributed by atoms with E-state index < -0.39 is 6.10 Å². The second kappa shape index (κ2) is 8.00. The Bertz CT molecular complexity index is 461. The molecule has 3 N–H and O–H groups in total. The summed E-state index contributed by atoms with van der Waals surface area (Å²) in [4.78, 5) is 11.5. The van der Waals surface area contributed by atoms with E-state index in [0.29, 0.717) is 19.0 Å². The van der Waals surface area contributed by atoms with Crippen molar-refractivity contribution in [3.63, 3.8) is 0 Å². The number of aliphatic hydroxyl groups is 1. The molecule has 0 spiro atoms. The normalized spacial score (nSPS) is 15.5. The fraction of sp³-hybridized carbons (Fsp3) is 0.562. The second-order valence-electron chi connectivity index (χ2n) is 5.44. The van der Waals surface area contributed by atoms with Crippen LogP contribution in [0.25, 0.3) is 0 Å². The molecule has 5 heteroatoms. The number of methoxy groups -OCH3 is 1. The van der Waals surface area contributed by atoms with Crippen molar-refractivity contribution in [2.24, 2.45) is 0 Å². The highest BCUT2D eigenvalue weighted by Crippen LogP contribution is 2.19. The third kappa shape index (κ3) is 5.73. The molecule has 1 aliphatic carbocycles. The van der Waals surface area contributed by atoms with Crippen LogP contribution < -0.4 is 15.4 Å². The third-order valence-corrected chi connectivity index (χ3v) is 3.52. The summed E-state index contributed by atoms with van der Waals surface area (Å²) in [5, 5.41) is 16.2. The molecule has 116 valence electrons. The Morgan fingerprint density at radius 3 is 3.00 bits per heavy atom. The lowest BCUT2D eigenvalue weighted by Crippen LogP contribution is -2.27. The highest BCUT2D eigenvalue weighted by Gasteiger charge is 2.22. The van der Waals surface area contributed by atoms with E-state index in [1.54, 1.807) is 7.11 Å². The van der Waals surface area contributed by atoms with Crippen LogP contribution in [0.4, 0.5) is 0 Å². The van der Waals surface area contributed by atoms with Gasteiger partial charge in [-0.3, -0.25) is 4.79 Å². The van der Waals surface area contributed by atoms with E-state index in [9.17, 15) is 9.90 Å². The van der Waals surface area contributed by atoms with Crippen LogP contribution in [0.3, 0.4) is 0 Å². The molecule has 2 rings (SSSR count). The van der Waals surface area contributed by atoms with Crippen LogP contribution in [0.15, 0.2) is 24.3 Å². The largest absolute Gasteiger partial charge is 0.497 e. The van der Waals surface area contributed by atoms with E-state index in [4.69, 9.17) is 4.74 Å². The van der Waals surface area contributed by atoms with E-state index in [0.717, 1.165) is 37.1 Å². The summed E-state index contributed by atoms with van der Waals surface area (Å²) >= 11 is 0. The number of ether oxygens (including phenoxy) is 1. The summed E-state index contributed by atoms with van der Waals surface area (Å²) in [6.07, 6.45) is 3.00. The minimum absolute atomic E-state index is 0.132. The van der Waals surface area contributed by atoms with Gasteiger partial charge in [0, 0.05) is 19.0 Å². The van der Waals surface area contributed by atoms with E-state index in [2.05, 4.69) is 10.6 Å². The van der Waals surface area contributed by atoms with Crippen molar-refractivity contribution >= 4 is 5.91 Å². The topological polar surface area (TPSA) is 70.6 Å². The van der Waals surface area contributed by atoms with E-state index in [1.807, 2.05) is 24.3 Å². The monoisotopic (exact) mass is 292 g/mol. The Labute approximate surface area is 125 Å². The molecule has 1 fully saturated rings. The van der Waals surface area contributed by atoms with Gasteiger partial charge in [0.1, 0.15) is 5.75 Å². The first kappa shape index (κ1) is 15.8. The molecular weight excluding hydrogens is 268 g/mol. The summed E-state index contributed by atoms with van der Waals surface area (Å²) in [5.41, 5.74) is 0.827. The fourth-order valence-corrected chi connectivity index (χ4v) is 2.11. The zero-order valence-corrected chi connectivity index (χ0v) is 12.5. The minimum atomic E-state index is -0.569. The molecular formula is C16H24N2O3. The Kier molecular flexibility index (Phi) is 6.02. The van der Waals surface area contributed by atoms with E-state index in [1.165, 1.54) is 0 Å². The maximum absolute atomic E-state index is 11.5. The van der Waals surface area contributed by atoms with Gasteiger partial charge in [-0.25, -0.2) is 0 Å². The maximum Gasteiger partial charge on any atom is 0.220 e. The molecule has 0 heterocycles. The standard InChI is InChI=1S/C16H24N2O3/c1-21-14-5-2-4-12(10-14)15(19)11-17-9-3-6-16(20)18-13-7-8-13/h2,4-5,10,13,15,17,19H,3,6-9,11H2,1H3,(H,18,20). The second-order valence-corrected chi connectivity index (χ2v) is 5.44. The smallest absolute Gasteiger partial charge is 0.220 e. The van der Waals surface area contributed by atoms with Gasteiger partial charge in [0.15, 0.2) is 0 Å². The summed E-state index contributed by atoms with van der Waals surface area (Å²) in [5.74, 6) is 0.871. The summed E-state index contributed by atoms with van der Waals surface area (Å²) in [7, 11) is 1.61. The zero-order valence-electron chi connectivity index (χ0n) is 12.5. The van der Waals surface area contributed by atoms with Crippen molar-refractivity contribution in [2.75, 3.05) is 20.2 Å². The van der Waals surface area contributed by atoms with E-state index in [-0.39, 0.29) is 5.91 Å². The molecule has 1 aromatic rings. The molecule has 1 aliphatic rings. The lowest BCUT2D eigenvalue weighted by Gasteiger charge is -2.13. The first-order valence-corrected chi connectivity index (χ1v) is 7.51. The Morgan fingerprint density at radius 1 is 1.48 bits per heavy atom. The lowest BCUT2D eigenvalue weighted by atomic mass is 10.1. The molecule has 0 radical (unpaired) electrons. The van der Waals surface area contributed by atoms with Gasteiger partial charge in [0.2, 0.25) is 5.91 Å². The summed E-state index contributed by atoms with van der Waals surface area (Å²) in [6.45, 7) is 1.19. The molecule has 0 bridgehead atoms. The molecule has 0 aromatic heterocycles. The van der Waals surface area contributed by atoms with Gasteiger partial charge in [-0.15, -0.1) is 0 Å². The van der Waals surface area contributed by atoms with Crippen molar-refractivity contribution in [3.8, 4) is 5.75 Å². The number of rotatable bonds is 9. The van der Waals surface area contributed by atoms with E-state index >= 15 is 0 Å². The number of carbonyl (C=O) groups excluding carboxylic acids is 1. The molecule has 1 atom stereocenters. The van der Waals surface area contributed by atoms with Crippen molar-refractivity contribution in [2.45, 2.75) is 37.8 Å². The Balaban J connectivity index is 1.59. The molecule has 5 nitrogen and oxygen atoms in total. The number of carbonyl (C=O) groups is 1. The number of nitrogens with one attached hydrogen (secondary N) is 2. The first-order chi connectivity index (χ1) is 10.2. The molecule has 0 saturated heterocycles. The van der Waals surface area contributed by atoms with Crippen molar-refractivity contribution in [1.82, 2.24) is 10.6 Å². The molecule has 21 heavy (non-hydrogen) atoms. The predicted octanol–water partition coefficient (Wildman–Crippen LogP) is 1.38. The summed E-state index contributed by atoms with van der Waals surface area (Å²) in [6, 6.07) is 7.84. The molecule has 1 saturated carbocycles. The van der Waals surface area contributed by atoms with Gasteiger partial charge in [-0.1, -0.05) is 12.1 Å². The molecule has 1 aromatic carbocycles. The van der Waals surface area contributed by atoms with Crippen LogP contribution in [0.2, 0.25) is 0 Å². The maximum atomic E-state index is 11.5. The van der Waals surface area contributed by atoms with Gasteiger partial charge in [-0.2, -0.15) is 0 Å². The van der Waals surface area contributed by atoms with Crippen molar-refractivity contribution < 1.29 is 14.6 Å². The van der Waals surface area contributed by atoms with Crippen LogP contribution in [0, 0.1) is 0 Å². The van der Waals surface area contributed by atoms with Crippen LogP contribution in [0.1, 0.15) is 37.4 Å². The highest BCUT2D eigenvalue weighted by molar-refractivity contribution is 5.76. The average molecular weight is 292 g/mol. The highest BCUT2D eigenvalue weighted by atomic mass is 16.5. The van der Waals surface area contributed by atoms with Crippen molar-refractivity contribution in [3.05, 3.63) is 29.8 Å². The third-order valence-electron chi connectivity index (χ3n) is 3.52. The van der Waals surface area contributed by atoms with Crippen LogP contribution in [0.5, 0.6) is 5.75 Å². The molecule has 1 amide bonds. The fourth-order valence-electron chi connectivity index (χ4n) is 2.11. The predicted molar refractivity (Wildman–Crippen MR) is 81.2 cm³/mol. The average Bonchev–Trinajstić information content (AvgIpc) is 3.30.